The van der Waals surface area contributed by atoms with Gasteiger partial charge < -0.3 is 15.8 Å². The molecule has 0 saturated carbocycles. The zero-order chi connectivity index (χ0) is 17.1. The summed E-state index contributed by atoms with van der Waals surface area (Å²) in [4.78, 5) is 12.2. The molecule has 1 fully saturated rings. The Morgan fingerprint density at radius 2 is 2.00 bits per heavy atom. The second kappa shape index (κ2) is 7.55. The van der Waals surface area contributed by atoms with Gasteiger partial charge in [0.15, 0.2) is 0 Å². The lowest BCUT2D eigenvalue weighted by Gasteiger charge is -2.15. The number of nitrogen functional groups attached to an aromatic ring is 1. The molecule has 0 bridgehead atoms. The van der Waals surface area contributed by atoms with Crippen LogP contribution in [0.15, 0.2) is 46.9 Å². The number of nitrogens with one attached hydrogen (secondary N) is 1. The van der Waals surface area contributed by atoms with Gasteiger partial charge in [0.1, 0.15) is 0 Å². The highest BCUT2D eigenvalue weighted by Crippen LogP contribution is 2.33. The summed E-state index contributed by atoms with van der Waals surface area (Å²) in [5.41, 5.74) is 7.93. The van der Waals surface area contributed by atoms with E-state index in [1.54, 1.807) is 18.2 Å². The van der Waals surface area contributed by atoms with Gasteiger partial charge in [-0.25, -0.2) is 0 Å². The van der Waals surface area contributed by atoms with Gasteiger partial charge in [0.25, 0.3) is 5.91 Å². The number of carbonyl (C=O) groups is 1. The lowest BCUT2D eigenvalue weighted by Crippen LogP contribution is -2.32. The minimum atomic E-state index is -0.182. The van der Waals surface area contributed by atoms with Gasteiger partial charge in [-0.05, 0) is 48.7 Å². The molecule has 1 aliphatic heterocycles. The van der Waals surface area contributed by atoms with Crippen molar-refractivity contribution in [3.05, 3.63) is 63.1 Å². The maximum absolute atomic E-state index is 12.2. The molecule has 1 saturated heterocycles. The van der Waals surface area contributed by atoms with Gasteiger partial charge in [0.2, 0.25) is 0 Å². The Balaban J connectivity index is 1.54. The van der Waals surface area contributed by atoms with E-state index in [1.807, 2.05) is 24.3 Å². The topological polar surface area (TPSA) is 64.4 Å². The van der Waals surface area contributed by atoms with Crippen LogP contribution in [0, 0.1) is 0 Å². The molecule has 4 nitrogen and oxygen atoms in total. The van der Waals surface area contributed by atoms with E-state index in [9.17, 15) is 4.79 Å². The van der Waals surface area contributed by atoms with Crippen molar-refractivity contribution in [2.45, 2.75) is 25.0 Å². The molecule has 1 aliphatic rings. The number of hydrogen-bond acceptors (Lipinski definition) is 3. The van der Waals surface area contributed by atoms with E-state index < -0.39 is 0 Å². The van der Waals surface area contributed by atoms with E-state index in [0.29, 0.717) is 22.8 Å². The third-order valence-electron chi connectivity index (χ3n) is 4.10. The first-order chi connectivity index (χ1) is 11.5. The lowest BCUT2D eigenvalue weighted by molar-refractivity contribution is 0.0436. The molecular weight excluding hydrogens is 392 g/mol. The quantitative estimate of drug-likeness (QED) is 0.739. The fraction of sp³-hybridized carbons (Fsp3) is 0.278. The fourth-order valence-electron chi connectivity index (χ4n) is 2.82. The molecule has 3 rings (SSSR count). The molecule has 24 heavy (non-hydrogen) atoms. The van der Waals surface area contributed by atoms with Crippen molar-refractivity contribution in [1.82, 2.24) is 5.32 Å². The number of nitrogens with two attached hydrogens (primary N) is 1. The Hall–Kier alpha value is -1.56. The molecule has 0 spiro atoms. The lowest BCUT2D eigenvalue weighted by atomic mass is 10.1. The van der Waals surface area contributed by atoms with Crippen LogP contribution >= 0.6 is 27.5 Å². The minimum absolute atomic E-state index is 0.00583. The van der Waals surface area contributed by atoms with Crippen LogP contribution in [0.1, 0.15) is 34.9 Å². The summed E-state index contributed by atoms with van der Waals surface area (Å²) in [6.45, 7) is 0.471. The third-order valence-corrected chi connectivity index (χ3v) is 4.84. The SMILES string of the molecule is Nc1cc(Br)ccc1C(=O)NCC1CCC(c2ccc(Cl)cc2)O1. The Morgan fingerprint density at radius 3 is 2.71 bits per heavy atom. The molecule has 0 radical (unpaired) electrons. The van der Waals surface area contributed by atoms with Crippen molar-refractivity contribution in [1.29, 1.82) is 0 Å². The van der Waals surface area contributed by atoms with Crippen LogP contribution in [-0.2, 0) is 4.74 Å². The van der Waals surface area contributed by atoms with Gasteiger partial charge in [-0.3, -0.25) is 4.79 Å². The van der Waals surface area contributed by atoms with E-state index in [1.165, 1.54) is 0 Å². The maximum Gasteiger partial charge on any atom is 0.253 e. The Morgan fingerprint density at radius 1 is 1.25 bits per heavy atom. The number of carbonyl (C=O) groups excluding carboxylic acids is 1. The van der Waals surface area contributed by atoms with Gasteiger partial charge in [-0.1, -0.05) is 39.7 Å². The van der Waals surface area contributed by atoms with Crippen LogP contribution in [0.4, 0.5) is 5.69 Å². The Labute approximate surface area is 154 Å². The van der Waals surface area contributed by atoms with Crippen molar-refractivity contribution in [3.8, 4) is 0 Å². The summed E-state index contributed by atoms with van der Waals surface area (Å²) in [5, 5.41) is 3.62. The van der Waals surface area contributed by atoms with E-state index in [4.69, 9.17) is 22.1 Å². The summed E-state index contributed by atoms with van der Waals surface area (Å²) < 4.78 is 6.88. The van der Waals surface area contributed by atoms with E-state index >= 15 is 0 Å². The Bertz CT molecular complexity index is 736. The van der Waals surface area contributed by atoms with Crippen LogP contribution < -0.4 is 11.1 Å². The van der Waals surface area contributed by atoms with Crippen LogP contribution in [0.3, 0.4) is 0 Å². The summed E-state index contributed by atoms with van der Waals surface area (Å²) in [5.74, 6) is -0.182. The monoisotopic (exact) mass is 408 g/mol. The van der Waals surface area contributed by atoms with E-state index in [2.05, 4.69) is 21.2 Å². The van der Waals surface area contributed by atoms with Crippen molar-refractivity contribution >= 4 is 39.1 Å². The van der Waals surface area contributed by atoms with Crippen LogP contribution in [0.5, 0.6) is 0 Å². The van der Waals surface area contributed by atoms with Crippen molar-refractivity contribution in [3.63, 3.8) is 0 Å². The van der Waals surface area contributed by atoms with Gasteiger partial charge in [0.05, 0.1) is 17.8 Å². The number of halogens is 2. The van der Waals surface area contributed by atoms with Crippen molar-refractivity contribution in [2.75, 3.05) is 12.3 Å². The average Bonchev–Trinajstić information content (AvgIpc) is 3.02. The molecule has 6 heteroatoms. The molecule has 0 aromatic heterocycles. The zero-order valence-corrected chi connectivity index (χ0v) is 15.3. The largest absolute Gasteiger partial charge is 0.398 e. The molecule has 3 N–H and O–H groups in total. The second-order valence-electron chi connectivity index (χ2n) is 5.82. The number of rotatable bonds is 4. The smallest absolute Gasteiger partial charge is 0.253 e. The molecule has 2 atom stereocenters. The summed E-state index contributed by atoms with van der Waals surface area (Å²) in [6, 6.07) is 12.9. The number of hydrogen-bond donors (Lipinski definition) is 2. The van der Waals surface area contributed by atoms with Crippen molar-refractivity contribution < 1.29 is 9.53 Å². The third kappa shape index (κ3) is 4.09. The maximum atomic E-state index is 12.2. The first-order valence-electron chi connectivity index (χ1n) is 7.77. The first kappa shape index (κ1) is 17.3. The predicted molar refractivity (Wildman–Crippen MR) is 99.2 cm³/mol. The van der Waals surface area contributed by atoms with Crippen molar-refractivity contribution in [2.24, 2.45) is 0 Å². The second-order valence-corrected chi connectivity index (χ2v) is 7.17. The first-order valence-corrected chi connectivity index (χ1v) is 8.94. The number of amides is 1. The molecular formula is C18H18BrClN2O2. The summed E-state index contributed by atoms with van der Waals surface area (Å²) in [6.07, 6.45) is 1.90. The zero-order valence-electron chi connectivity index (χ0n) is 13.0. The summed E-state index contributed by atoms with van der Waals surface area (Å²) in [7, 11) is 0. The Kier molecular flexibility index (Phi) is 5.43. The van der Waals surface area contributed by atoms with Gasteiger partial charge in [0, 0.05) is 21.7 Å². The van der Waals surface area contributed by atoms with Gasteiger partial charge >= 0.3 is 0 Å². The minimum Gasteiger partial charge on any atom is -0.398 e. The van der Waals surface area contributed by atoms with E-state index in [-0.39, 0.29) is 18.1 Å². The normalized spacial score (nSPS) is 20.1. The molecule has 2 unspecified atom stereocenters. The highest BCUT2D eigenvalue weighted by Gasteiger charge is 2.27. The number of anilines is 1. The van der Waals surface area contributed by atoms with Crippen LogP contribution in [-0.4, -0.2) is 18.6 Å². The van der Waals surface area contributed by atoms with E-state index in [0.717, 1.165) is 22.9 Å². The standard InChI is InChI=1S/C18H18BrClN2O2/c19-12-3-7-15(16(21)9-12)18(23)22-10-14-6-8-17(24-14)11-1-4-13(20)5-2-11/h1-5,7,9,14,17H,6,8,10,21H2,(H,22,23). The van der Waals surface area contributed by atoms with Crippen LogP contribution in [0.25, 0.3) is 0 Å². The highest BCUT2D eigenvalue weighted by atomic mass is 79.9. The summed E-state index contributed by atoms with van der Waals surface area (Å²) >= 11 is 9.24. The number of ether oxygens (including phenoxy) is 1. The molecule has 1 amide bonds. The molecule has 0 aliphatic carbocycles. The average molecular weight is 410 g/mol. The van der Waals surface area contributed by atoms with Gasteiger partial charge in [-0.15, -0.1) is 0 Å². The number of benzene rings is 2. The molecule has 2 aromatic rings. The predicted octanol–water partition coefficient (Wildman–Crippen LogP) is 4.33. The molecule has 1 heterocycles. The van der Waals surface area contributed by atoms with Gasteiger partial charge in [-0.2, -0.15) is 0 Å². The molecule has 2 aromatic carbocycles. The highest BCUT2D eigenvalue weighted by molar-refractivity contribution is 9.10. The fourth-order valence-corrected chi connectivity index (χ4v) is 3.33. The van der Waals surface area contributed by atoms with Crippen LogP contribution in [0.2, 0.25) is 5.02 Å². The molecule has 126 valence electrons.